The van der Waals surface area contributed by atoms with E-state index in [9.17, 15) is 10.0 Å². The molecule has 162 valence electrons. The van der Waals surface area contributed by atoms with E-state index in [1.165, 1.54) is 38.2 Å². The van der Waals surface area contributed by atoms with Crippen molar-refractivity contribution in [1.29, 1.82) is 0 Å². The Balaban J connectivity index is 1.81. The van der Waals surface area contributed by atoms with Crippen molar-refractivity contribution in [2.24, 2.45) is 0 Å². The fraction of sp³-hybridized carbons (Fsp3) is 0.0323. The highest BCUT2D eigenvalue weighted by Gasteiger charge is 2.19. The van der Waals surface area contributed by atoms with E-state index in [1.54, 1.807) is 6.07 Å². The molecule has 0 saturated heterocycles. The molecule has 0 unspecified atom stereocenters. The van der Waals surface area contributed by atoms with Gasteiger partial charge in [-0.2, -0.15) is 0 Å². The summed E-state index contributed by atoms with van der Waals surface area (Å²) in [4.78, 5) is 0. The number of fused-ring (bicyclic) bond motifs is 3. The summed E-state index contributed by atoms with van der Waals surface area (Å²) in [5.74, 6) is 0. The Morgan fingerprint density at radius 3 is 1.97 bits per heavy atom. The van der Waals surface area contributed by atoms with E-state index in [-0.39, 0.29) is 0 Å². The maximum atomic E-state index is 9.81. The highest BCUT2D eigenvalue weighted by atomic mass is 16.4. The van der Waals surface area contributed by atoms with Crippen molar-refractivity contribution < 1.29 is 10.0 Å². The summed E-state index contributed by atoms with van der Waals surface area (Å²) in [6.45, 7) is 2.13. The second-order valence-corrected chi connectivity index (χ2v) is 8.87. The average molecular weight is 438 g/mol. The van der Waals surface area contributed by atoms with Crippen LogP contribution in [0.5, 0.6) is 0 Å². The van der Waals surface area contributed by atoms with E-state index in [2.05, 4.69) is 91.9 Å². The quantitative estimate of drug-likeness (QED) is 0.246. The van der Waals surface area contributed by atoms with Crippen LogP contribution in [-0.2, 0) is 0 Å². The lowest BCUT2D eigenvalue weighted by atomic mass is 9.78. The zero-order chi connectivity index (χ0) is 23.2. The minimum atomic E-state index is -1.50. The molecule has 3 heteroatoms. The van der Waals surface area contributed by atoms with Crippen molar-refractivity contribution in [2.75, 3.05) is 0 Å². The first-order valence-corrected chi connectivity index (χ1v) is 11.5. The van der Waals surface area contributed by atoms with Crippen LogP contribution in [0, 0.1) is 6.92 Å². The van der Waals surface area contributed by atoms with Crippen molar-refractivity contribution in [2.45, 2.75) is 6.92 Å². The van der Waals surface area contributed by atoms with Crippen LogP contribution in [0.2, 0.25) is 0 Å². The van der Waals surface area contributed by atoms with Crippen LogP contribution in [0.15, 0.2) is 109 Å². The Labute approximate surface area is 198 Å². The monoisotopic (exact) mass is 438 g/mol. The predicted molar refractivity (Wildman–Crippen MR) is 144 cm³/mol. The van der Waals surface area contributed by atoms with Crippen LogP contribution in [0.25, 0.3) is 54.6 Å². The lowest BCUT2D eigenvalue weighted by Gasteiger charge is -2.19. The SMILES string of the molecule is Cc1ccc2c(-c3cccc(B(O)O)c3)c3ccccc3c(-c3cccc4ccccc34)c2c1. The van der Waals surface area contributed by atoms with Gasteiger partial charge in [-0.1, -0.05) is 115 Å². The summed E-state index contributed by atoms with van der Waals surface area (Å²) in [7, 11) is -1.50. The Hall–Kier alpha value is -3.92. The normalized spacial score (nSPS) is 11.4. The van der Waals surface area contributed by atoms with Crippen LogP contribution in [0.4, 0.5) is 0 Å². The van der Waals surface area contributed by atoms with Crippen LogP contribution in [0.3, 0.4) is 0 Å². The van der Waals surface area contributed by atoms with Gasteiger partial charge < -0.3 is 10.0 Å². The molecule has 34 heavy (non-hydrogen) atoms. The van der Waals surface area contributed by atoms with Crippen LogP contribution in [-0.4, -0.2) is 17.2 Å². The van der Waals surface area contributed by atoms with Crippen molar-refractivity contribution in [3.8, 4) is 22.3 Å². The van der Waals surface area contributed by atoms with E-state index >= 15 is 0 Å². The maximum Gasteiger partial charge on any atom is 0.488 e. The number of hydrogen-bond acceptors (Lipinski definition) is 2. The minimum absolute atomic E-state index is 0.486. The minimum Gasteiger partial charge on any atom is -0.423 e. The third-order valence-corrected chi connectivity index (χ3v) is 6.71. The molecule has 6 aromatic carbocycles. The second kappa shape index (κ2) is 8.14. The molecule has 0 amide bonds. The first-order chi connectivity index (χ1) is 16.6. The molecule has 2 N–H and O–H groups in total. The zero-order valence-electron chi connectivity index (χ0n) is 18.9. The van der Waals surface area contributed by atoms with E-state index in [4.69, 9.17) is 0 Å². The molecular formula is C31H23BO2. The van der Waals surface area contributed by atoms with Crippen molar-refractivity contribution in [3.63, 3.8) is 0 Å². The molecule has 0 spiro atoms. The molecule has 2 nitrogen and oxygen atoms in total. The first-order valence-electron chi connectivity index (χ1n) is 11.5. The van der Waals surface area contributed by atoms with Crippen LogP contribution in [0.1, 0.15) is 5.56 Å². The molecule has 0 aliphatic rings. The van der Waals surface area contributed by atoms with Crippen molar-refractivity contribution in [1.82, 2.24) is 0 Å². The number of aryl methyl sites for hydroxylation is 1. The molecule has 0 bridgehead atoms. The Morgan fingerprint density at radius 2 is 1.18 bits per heavy atom. The molecular weight excluding hydrogens is 415 g/mol. The van der Waals surface area contributed by atoms with Crippen LogP contribution < -0.4 is 5.46 Å². The second-order valence-electron chi connectivity index (χ2n) is 8.87. The van der Waals surface area contributed by atoms with Gasteiger partial charge in [-0.05, 0) is 67.0 Å². The summed E-state index contributed by atoms with van der Waals surface area (Å²) in [5.41, 5.74) is 6.22. The van der Waals surface area contributed by atoms with E-state index in [0.717, 1.165) is 21.9 Å². The topological polar surface area (TPSA) is 40.5 Å². The molecule has 6 rings (SSSR count). The predicted octanol–water partition coefficient (Wildman–Crippen LogP) is 6.47. The lowest BCUT2D eigenvalue weighted by molar-refractivity contribution is 0.426. The lowest BCUT2D eigenvalue weighted by Crippen LogP contribution is -2.29. The summed E-state index contributed by atoms with van der Waals surface area (Å²) < 4.78 is 0. The van der Waals surface area contributed by atoms with Crippen molar-refractivity contribution in [3.05, 3.63) is 115 Å². The summed E-state index contributed by atoms with van der Waals surface area (Å²) >= 11 is 0. The highest BCUT2D eigenvalue weighted by molar-refractivity contribution is 6.58. The van der Waals surface area contributed by atoms with Gasteiger partial charge in [0.1, 0.15) is 0 Å². The zero-order valence-corrected chi connectivity index (χ0v) is 18.9. The van der Waals surface area contributed by atoms with Crippen LogP contribution >= 0.6 is 0 Å². The molecule has 0 saturated carbocycles. The van der Waals surface area contributed by atoms with Gasteiger partial charge in [0, 0.05) is 0 Å². The Bertz CT molecular complexity index is 1700. The van der Waals surface area contributed by atoms with E-state index in [1.807, 2.05) is 18.2 Å². The molecule has 0 heterocycles. The summed E-state index contributed by atoms with van der Waals surface area (Å²) in [6.07, 6.45) is 0. The third-order valence-electron chi connectivity index (χ3n) is 6.71. The Kier molecular flexibility index (Phi) is 4.95. The molecule has 0 aliphatic heterocycles. The van der Waals surface area contributed by atoms with Gasteiger partial charge in [0.2, 0.25) is 0 Å². The molecule has 0 atom stereocenters. The van der Waals surface area contributed by atoms with Gasteiger partial charge in [-0.3, -0.25) is 0 Å². The fourth-order valence-corrected chi connectivity index (χ4v) is 5.19. The number of rotatable bonds is 3. The van der Waals surface area contributed by atoms with Gasteiger partial charge >= 0.3 is 7.12 Å². The van der Waals surface area contributed by atoms with Gasteiger partial charge in [0.05, 0.1) is 0 Å². The van der Waals surface area contributed by atoms with Crippen molar-refractivity contribution >= 4 is 44.9 Å². The summed E-state index contributed by atoms with van der Waals surface area (Å²) in [6, 6.07) is 37.8. The van der Waals surface area contributed by atoms with Gasteiger partial charge in [-0.25, -0.2) is 0 Å². The van der Waals surface area contributed by atoms with Gasteiger partial charge in [-0.15, -0.1) is 0 Å². The number of benzene rings is 6. The average Bonchev–Trinajstić information content (AvgIpc) is 2.87. The molecule has 0 fully saturated rings. The molecule has 0 radical (unpaired) electrons. The molecule has 0 aliphatic carbocycles. The van der Waals surface area contributed by atoms with E-state index in [0.29, 0.717) is 5.46 Å². The molecule has 0 aromatic heterocycles. The first kappa shape index (κ1) is 20.7. The van der Waals surface area contributed by atoms with Gasteiger partial charge in [0.25, 0.3) is 0 Å². The van der Waals surface area contributed by atoms with E-state index < -0.39 is 7.12 Å². The third kappa shape index (κ3) is 3.29. The fourth-order valence-electron chi connectivity index (χ4n) is 5.19. The highest BCUT2D eigenvalue weighted by Crippen LogP contribution is 2.45. The Morgan fingerprint density at radius 1 is 0.529 bits per heavy atom. The maximum absolute atomic E-state index is 9.81. The van der Waals surface area contributed by atoms with Gasteiger partial charge in [0.15, 0.2) is 0 Å². The smallest absolute Gasteiger partial charge is 0.423 e. The summed E-state index contributed by atoms with van der Waals surface area (Å²) in [5, 5.41) is 26.7. The largest absolute Gasteiger partial charge is 0.488 e. The standard InChI is InChI=1S/C31H23BO2/c1-20-16-17-28-29(18-20)31(25-15-7-9-21-8-2-3-12-24(21)25)27-14-5-4-13-26(27)30(28)22-10-6-11-23(19-22)32(33)34/h2-19,33-34H,1H3. The number of hydrogen-bond donors (Lipinski definition) is 2. The molecule has 6 aromatic rings.